The second kappa shape index (κ2) is 11.0. The molecule has 0 unspecified atom stereocenters. The van der Waals surface area contributed by atoms with E-state index in [1.165, 1.54) is 4.31 Å². The van der Waals surface area contributed by atoms with Gasteiger partial charge < -0.3 is 5.32 Å². The van der Waals surface area contributed by atoms with Crippen LogP contribution in [0.25, 0.3) is 0 Å². The van der Waals surface area contributed by atoms with E-state index in [2.05, 4.69) is 5.32 Å². The van der Waals surface area contributed by atoms with E-state index in [1.54, 1.807) is 30.3 Å². The molecule has 0 bridgehead atoms. The molecule has 0 radical (unpaired) electrons. The highest BCUT2D eigenvalue weighted by atomic mass is 32.2. The van der Waals surface area contributed by atoms with Gasteiger partial charge in [0.25, 0.3) is 10.0 Å². The van der Waals surface area contributed by atoms with Crippen molar-refractivity contribution in [3.8, 4) is 0 Å². The van der Waals surface area contributed by atoms with E-state index in [1.807, 2.05) is 94.4 Å². The summed E-state index contributed by atoms with van der Waals surface area (Å²) in [6.45, 7) is 7.45. The van der Waals surface area contributed by atoms with Crippen molar-refractivity contribution in [1.82, 2.24) is 5.32 Å². The van der Waals surface area contributed by atoms with Crippen molar-refractivity contribution in [2.45, 2.75) is 38.6 Å². The van der Waals surface area contributed by atoms with Crippen LogP contribution in [0.1, 0.15) is 39.4 Å². The molecule has 0 spiro atoms. The van der Waals surface area contributed by atoms with Crippen molar-refractivity contribution in [3.63, 3.8) is 0 Å². The van der Waals surface area contributed by atoms with Gasteiger partial charge in [0.15, 0.2) is 0 Å². The van der Waals surface area contributed by atoms with Gasteiger partial charge in [-0.05, 0) is 79.8 Å². The fourth-order valence-electron chi connectivity index (χ4n) is 4.27. The van der Waals surface area contributed by atoms with Gasteiger partial charge in [-0.3, -0.25) is 9.10 Å². The Bertz CT molecular complexity index is 1500. The van der Waals surface area contributed by atoms with Gasteiger partial charge >= 0.3 is 0 Å². The van der Waals surface area contributed by atoms with Crippen molar-refractivity contribution in [2.24, 2.45) is 0 Å². The summed E-state index contributed by atoms with van der Waals surface area (Å²) in [5.74, 6) is -0.397. The van der Waals surface area contributed by atoms with E-state index in [0.29, 0.717) is 5.69 Å². The number of nitrogens with zero attached hydrogens (tertiary/aromatic N) is 1. The third kappa shape index (κ3) is 5.92. The zero-order chi connectivity index (χ0) is 26.6. The lowest BCUT2D eigenvalue weighted by molar-refractivity contribution is -0.120. The minimum absolute atomic E-state index is 0.141. The number of rotatable bonds is 8. The van der Waals surface area contributed by atoms with Crippen LogP contribution >= 0.6 is 0 Å². The second-order valence-electron chi connectivity index (χ2n) is 9.36. The Morgan fingerprint density at radius 3 is 2.05 bits per heavy atom. The normalized spacial score (nSPS) is 12.1. The summed E-state index contributed by atoms with van der Waals surface area (Å²) >= 11 is 0. The fourth-order valence-corrected chi connectivity index (χ4v) is 5.68. The van der Waals surface area contributed by atoms with E-state index in [9.17, 15) is 13.2 Å². The number of carbonyl (C=O) groups excluding carboxylic acids is 1. The van der Waals surface area contributed by atoms with Crippen LogP contribution in [-0.4, -0.2) is 20.9 Å². The van der Waals surface area contributed by atoms with E-state index < -0.39 is 22.0 Å². The largest absolute Gasteiger partial charge is 0.344 e. The first-order valence-electron chi connectivity index (χ1n) is 12.2. The van der Waals surface area contributed by atoms with E-state index >= 15 is 0 Å². The molecule has 0 heterocycles. The average Bonchev–Trinajstić information content (AvgIpc) is 2.89. The molecule has 1 amide bonds. The molecule has 0 fully saturated rings. The summed E-state index contributed by atoms with van der Waals surface area (Å²) in [7, 11) is -4.00. The third-order valence-corrected chi connectivity index (χ3v) is 8.40. The zero-order valence-corrected chi connectivity index (χ0v) is 22.4. The lowest BCUT2D eigenvalue weighted by Crippen LogP contribution is -2.42. The van der Waals surface area contributed by atoms with Crippen molar-refractivity contribution >= 4 is 21.6 Å². The number of sulfonamides is 1. The highest BCUT2D eigenvalue weighted by molar-refractivity contribution is 7.92. The first-order valence-corrected chi connectivity index (χ1v) is 13.7. The van der Waals surface area contributed by atoms with Crippen molar-refractivity contribution < 1.29 is 13.2 Å². The van der Waals surface area contributed by atoms with E-state index in [4.69, 9.17) is 0 Å². The van der Waals surface area contributed by atoms with Gasteiger partial charge in [-0.1, -0.05) is 78.4 Å². The predicted octanol–water partition coefficient (Wildman–Crippen LogP) is 6.02. The van der Waals surface area contributed by atoms with Crippen LogP contribution in [-0.2, 0) is 14.8 Å². The Morgan fingerprint density at radius 2 is 1.41 bits per heavy atom. The molecule has 4 rings (SSSR count). The first kappa shape index (κ1) is 26.2. The number of amides is 1. The SMILES string of the molecule is Cc1ccc(S(=O)(=O)N(CC(=O)N[C@H](c2ccccc2)c2ccccc2C)c2ccc(C)c(C)c2)cc1. The van der Waals surface area contributed by atoms with Crippen molar-refractivity contribution in [2.75, 3.05) is 10.8 Å². The maximum atomic E-state index is 13.8. The van der Waals surface area contributed by atoms with Crippen LogP contribution in [0.15, 0.2) is 102 Å². The Kier molecular flexibility index (Phi) is 7.79. The van der Waals surface area contributed by atoms with Gasteiger partial charge in [-0.15, -0.1) is 0 Å². The van der Waals surface area contributed by atoms with E-state index in [0.717, 1.165) is 33.4 Å². The standard InChI is InChI=1S/C31H32N2O3S/c1-22-14-18-28(19-15-22)37(35,36)33(27-17-16-23(2)25(4)20-27)21-30(34)32-31(26-11-6-5-7-12-26)29-13-9-8-10-24(29)3/h5-20,31H,21H2,1-4H3,(H,32,34)/t31-/m1/s1. The molecule has 6 heteroatoms. The number of carbonyl (C=O) groups is 1. The van der Waals surface area contributed by atoms with Crippen LogP contribution in [0, 0.1) is 27.7 Å². The van der Waals surface area contributed by atoms with Crippen LogP contribution < -0.4 is 9.62 Å². The monoisotopic (exact) mass is 512 g/mol. The summed E-state index contributed by atoms with van der Waals surface area (Å²) in [6, 6.07) is 29.3. The highest BCUT2D eigenvalue weighted by Gasteiger charge is 2.29. The van der Waals surface area contributed by atoms with Crippen LogP contribution in [0.3, 0.4) is 0 Å². The molecular weight excluding hydrogens is 480 g/mol. The smallest absolute Gasteiger partial charge is 0.264 e. The highest BCUT2D eigenvalue weighted by Crippen LogP contribution is 2.28. The summed E-state index contributed by atoms with van der Waals surface area (Å²) in [5, 5.41) is 3.10. The van der Waals surface area contributed by atoms with Gasteiger partial charge in [0.2, 0.25) is 5.91 Å². The quantitative estimate of drug-likeness (QED) is 0.314. The number of aryl methyl sites for hydroxylation is 4. The Labute approximate surface area is 219 Å². The number of hydrogen-bond acceptors (Lipinski definition) is 3. The first-order chi connectivity index (χ1) is 17.7. The lowest BCUT2D eigenvalue weighted by Gasteiger charge is -2.27. The second-order valence-corrected chi connectivity index (χ2v) is 11.2. The molecule has 37 heavy (non-hydrogen) atoms. The Hall–Kier alpha value is -3.90. The van der Waals surface area contributed by atoms with Crippen LogP contribution in [0.5, 0.6) is 0 Å². The topological polar surface area (TPSA) is 66.5 Å². The maximum absolute atomic E-state index is 13.8. The molecule has 0 saturated carbocycles. The minimum Gasteiger partial charge on any atom is -0.344 e. The molecule has 0 aliphatic carbocycles. The van der Waals surface area contributed by atoms with Gasteiger partial charge in [-0.2, -0.15) is 0 Å². The average molecular weight is 513 g/mol. The number of nitrogens with one attached hydrogen (secondary N) is 1. The number of hydrogen-bond donors (Lipinski definition) is 1. The molecule has 4 aromatic carbocycles. The Balaban J connectivity index is 1.72. The van der Waals surface area contributed by atoms with Gasteiger partial charge in [0.05, 0.1) is 16.6 Å². The fraction of sp³-hybridized carbons (Fsp3) is 0.194. The zero-order valence-electron chi connectivity index (χ0n) is 21.6. The van der Waals surface area contributed by atoms with Crippen molar-refractivity contribution in [1.29, 1.82) is 0 Å². The molecule has 0 aromatic heterocycles. The Morgan fingerprint density at radius 1 is 0.757 bits per heavy atom. The van der Waals surface area contributed by atoms with Gasteiger partial charge in [0, 0.05) is 0 Å². The predicted molar refractivity (Wildman–Crippen MR) is 149 cm³/mol. The summed E-state index contributed by atoms with van der Waals surface area (Å²) in [4.78, 5) is 13.7. The summed E-state index contributed by atoms with van der Waals surface area (Å²) in [6.07, 6.45) is 0. The molecule has 5 nitrogen and oxygen atoms in total. The van der Waals surface area contributed by atoms with Crippen molar-refractivity contribution in [3.05, 3.63) is 130 Å². The molecular formula is C31H32N2O3S. The lowest BCUT2D eigenvalue weighted by atomic mass is 9.95. The van der Waals surface area contributed by atoms with Crippen LogP contribution in [0.2, 0.25) is 0 Å². The molecule has 4 aromatic rings. The molecule has 0 aliphatic rings. The number of benzene rings is 4. The molecule has 0 saturated heterocycles. The maximum Gasteiger partial charge on any atom is 0.264 e. The number of anilines is 1. The molecule has 1 N–H and O–H groups in total. The molecule has 1 atom stereocenters. The third-order valence-electron chi connectivity index (χ3n) is 6.61. The summed E-state index contributed by atoms with van der Waals surface area (Å²) < 4.78 is 28.8. The molecule has 0 aliphatic heterocycles. The van der Waals surface area contributed by atoms with E-state index in [-0.39, 0.29) is 11.4 Å². The van der Waals surface area contributed by atoms with Gasteiger partial charge in [-0.25, -0.2) is 8.42 Å². The summed E-state index contributed by atoms with van der Waals surface area (Å²) in [5.41, 5.74) is 6.32. The minimum atomic E-state index is -4.00. The van der Waals surface area contributed by atoms with Crippen LogP contribution in [0.4, 0.5) is 5.69 Å². The van der Waals surface area contributed by atoms with Gasteiger partial charge in [0.1, 0.15) is 6.54 Å². The molecule has 190 valence electrons.